The molecule has 15 heavy (non-hydrogen) atoms. The monoisotopic (exact) mass is 210 g/mol. The highest BCUT2D eigenvalue weighted by molar-refractivity contribution is 5.88. The second kappa shape index (κ2) is 4.31. The molecule has 2 amide bonds. The largest absolute Gasteiger partial charge is 0.378 e. The van der Waals surface area contributed by atoms with Crippen LogP contribution in [-0.2, 0) is 4.74 Å². The van der Waals surface area contributed by atoms with Crippen molar-refractivity contribution in [2.45, 2.75) is 6.92 Å². The van der Waals surface area contributed by atoms with Crippen molar-refractivity contribution in [2.75, 3.05) is 31.6 Å². The first-order valence-corrected chi connectivity index (χ1v) is 4.91. The average Bonchev–Trinajstić information content (AvgIpc) is 2.66. The number of aromatic nitrogens is 2. The quantitative estimate of drug-likeness (QED) is 0.712. The van der Waals surface area contributed by atoms with E-state index in [4.69, 9.17) is 4.74 Å². The Kier molecular flexibility index (Phi) is 2.86. The number of H-pyrrole nitrogens is 1. The summed E-state index contributed by atoms with van der Waals surface area (Å²) in [7, 11) is 0. The molecule has 0 spiro atoms. The van der Waals surface area contributed by atoms with Gasteiger partial charge < -0.3 is 9.64 Å². The number of hydrogen-bond donors (Lipinski definition) is 2. The first-order valence-electron chi connectivity index (χ1n) is 4.91. The summed E-state index contributed by atoms with van der Waals surface area (Å²) in [6.45, 7) is 4.38. The number of nitrogens with one attached hydrogen (secondary N) is 2. The van der Waals surface area contributed by atoms with Gasteiger partial charge in [-0.3, -0.25) is 10.4 Å². The van der Waals surface area contributed by atoms with Gasteiger partial charge in [-0.2, -0.15) is 5.10 Å². The van der Waals surface area contributed by atoms with E-state index < -0.39 is 0 Å². The molecule has 0 aromatic carbocycles. The van der Waals surface area contributed by atoms with E-state index in [1.165, 1.54) is 0 Å². The molecule has 2 heterocycles. The molecule has 0 atom stereocenters. The van der Waals surface area contributed by atoms with Crippen molar-refractivity contribution in [3.05, 3.63) is 11.8 Å². The van der Waals surface area contributed by atoms with Crippen LogP contribution in [0.1, 0.15) is 5.56 Å². The number of rotatable bonds is 1. The number of ether oxygens (including phenoxy) is 1. The summed E-state index contributed by atoms with van der Waals surface area (Å²) in [5.74, 6) is 0.659. The van der Waals surface area contributed by atoms with Gasteiger partial charge >= 0.3 is 6.03 Å². The fourth-order valence-corrected chi connectivity index (χ4v) is 1.43. The van der Waals surface area contributed by atoms with Gasteiger partial charge in [-0.25, -0.2) is 4.79 Å². The molecule has 6 heteroatoms. The minimum atomic E-state index is -0.106. The minimum Gasteiger partial charge on any atom is -0.378 e. The lowest BCUT2D eigenvalue weighted by Crippen LogP contribution is -2.43. The third-order valence-corrected chi connectivity index (χ3v) is 2.36. The number of nitrogens with zero attached hydrogens (tertiary/aromatic N) is 2. The molecular weight excluding hydrogens is 196 g/mol. The molecule has 1 aromatic rings. The molecule has 0 saturated carbocycles. The van der Waals surface area contributed by atoms with E-state index >= 15 is 0 Å². The first kappa shape index (κ1) is 9.97. The van der Waals surface area contributed by atoms with E-state index in [1.807, 2.05) is 6.92 Å². The molecule has 0 aliphatic carbocycles. The molecule has 0 bridgehead atoms. The van der Waals surface area contributed by atoms with Gasteiger partial charge in [0.05, 0.1) is 19.4 Å². The van der Waals surface area contributed by atoms with Gasteiger partial charge in [-0.15, -0.1) is 0 Å². The Balaban J connectivity index is 1.94. The lowest BCUT2D eigenvalue weighted by Gasteiger charge is -2.26. The first-order chi connectivity index (χ1) is 7.27. The van der Waals surface area contributed by atoms with Crippen molar-refractivity contribution in [3.63, 3.8) is 0 Å². The summed E-state index contributed by atoms with van der Waals surface area (Å²) in [5.41, 5.74) is 0.927. The highest BCUT2D eigenvalue weighted by Crippen LogP contribution is 2.09. The van der Waals surface area contributed by atoms with Crippen LogP contribution in [0.15, 0.2) is 6.20 Å². The van der Waals surface area contributed by atoms with Crippen LogP contribution in [0.5, 0.6) is 0 Å². The standard InChI is InChI=1S/C9H14N4O2/c1-7-6-10-12-8(7)11-9(14)13-2-4-15-5-3-13/h6H,2-5H2,1H3,(H2,10,11,12,14). The maximum absolute atomic E-state index is 11.7. The van der Waals surface area contributed by atoms with Gasteiger partial charge in [0.1, 0.15) is 5.82 Å². The fraction of sp³-hybridized carbons (Fsp3) is 0.556. The zero-order valence-electron chi connectivity index (χ0n) is 8.62. The molecule has 1 aliphatic rings. The second-order valence-corrected chi connectivity index (χ2v) is 3.46. The number of morpholine rings is 1. The number of carbonyl (C=O) groups excluding carboxylic acids is 1. The van der Waals surface area contributed by atoms with E-state index in [9.17, 15) is 4.79 Å². The SMILES string of the molecule is Cc1cn[nH]c1NC(=O)N1CCOCC1. The smallest absolute Gasteiger partial charge is 0.323 e. The fourth-order valence-electron chi connectivity index (χ4n) is 1.43. The number of hydrogen-bond acceptors (Lipinski definition) is 3. The summed E-state index contributed by atoms with van der Waals surface area (Å²) in [5, 5.41) is 9.35. The predicted octanol–water partition coefficient (Wildman–Crippen LogP) is 0.582. The molecule has 0 radical (unpaired) electrons. The van der Waals surface area contributed by atoms with Crippen LogP contribution in [0.2, 0.25) is 0 Å². The van der Waals surface area contributed by atoms with Crippen molar-refractivity contribution < 1.29 is 9.53 Å². The zero-order valence-corrected chi connectivity index (χ0v) is 8.62. The molecule has 2 N–H and O–H groups in total. The lowest BCUT2D eigenvalue weighted by atomic mass is 10.4. The second-order valence-electron chi connectivity index (χ2n) is 3.46. The third kappa shape index (κ3) is 2.27. The molecule has 0 unspecified atom stereocenters. The van der Waals surface area contributed by atoms with E-state index in [1.54, 1.807) is 11.1 Å². The van der Waals surface area contributed by atoms with Crippen molar-refractivity contribution in [3.8, 4) is 0 Å². The molecule has 1 saturated heterocycles. The summed E-state index contributed by atoms with van der Waals surface area (Å²) in [6.07, 6.45) is 1.68. The van der Waals surface area contributed by atoms with Crippen LogP contribution < -0.4 is 5.32 Å². The molecule has 2 rings (SSSR count). The average molecular weight is 210 g/mol. The topological polar surface area (TPSA) is 70.2 Å². The number of anilines is 1. The maximum Gasteiger partial charge on any atom is 0.323 e. The number of aryl methyl sites for hydroxylation is 1. The Labute approximate surface area is 87.6 Å². The maximum atomic E-state index is 11.7. The Morgan fingerprint density at radius 1 is 1.60 bits per heavy atom. The molecule has 1 aromatic heterocycles. The predicted molar refractivity (Wildman–Crippen MR) is 54.7 cm³/mol. The van der Waals surface area contributed by atoms with Crippen LogP contribution in [0.3, 0.4) is 0 Å². The van der Waals surface area contributed by atoms with Crippen LogP contribution in [0, 0.1) is 6.92 Å². The van der Waals surface area contributed by atoms with Crippen LogP contribution in [0.4, 0.5) is 10.6 Å². The zero-order chi connectivity index (χ0) is 10.7. The Hall–Kier alpha value is -1.56. The van der Waals surface area contributed by atoms with E-state index in [-0.39, 0.29) is 6.03 Å². The summed E-state index contributed by atoms with van der Waals surface area (Å²) >= 11 is 0. The van der Waals surface area contributed by atoms with Gasteiger partial charge in [0.25, 0.3) is 0 Å². The molecule has 1 fully saturated rings. The summed E-state index contributed by atoms with van der Waals surface area (Å²) < 4.78 is 5.17. The number of carbonyl (C=O) groups is 1. The van der Waals surface area contributed by atoms with Crippen LogP contribution >= 0.6 is 0 Å². The minimum absolute atomic E-state index is 0.106. The van der Waals surface area contributed by atoms with Crippen LogP contribution in [-0.4, -0.2) is 47.4 Å². The van der Waals surface area contributed by atoms with Gasteiger partial charge in [-0.1, -0.05) is 0 Å². The number of aromatic amines is 1. The van der Waals surface area contributed by atoms with Crippen molar-refractivity contribution in [2.24, 2.45) is 0 Å². The number of amides is 2. The van der Waals surface area contributed by atoms with Gasteiger partial charge in [0, 0.05) is 18.7 Å². The Morgan fingerprint density at radius 3 is 2.93 bits per heavy atom. The molecule has 82 valence electrons. The van der Waals surface area contributed by atoms with Crippen molar-refractivity contribution >= 4 is 11.8 Å². The molecule has 6 nitrogen and oxygen atoms in total. The van der Waals surface area contributed by atoms with Crippen molar-refractivity contribution in [1.82, 2.24) is 15.1 Å². The van der Waals surface area contributed by atoms with E-state index in [0.29, 0.717) is 32.1 Å². The summed E-state index contributed by atoms with van der Waals surface area (Å²) in [4.78, 5) is 13.5. The van der Waals surface area contributed by atoms with E-state index in [0.717, 1.165) is 5.56 Å². The van der Waals surface area contributed by atoms with Gasteiger partial charge in [0.2, 0.25) is 0 Å². The Morgan fingerprint density at radius 2 is 2.33 bits per heavy atom. The lowest BCUT2D eigenvalue weighted by molar-refractivity contribution is 0.0564. The number of urea groups is 1. The van der Waals surface area contributed by atoms with E-state index in [2.05, 4.69) is 15.5 Å². The van der Waals surface area contributed by atoms with Gasteiger partial charge in [0.15, 0.2) is 0 Å². The highest BCUT2D eigenvalue weighted by atomic mass is 16.5. The normalized spacial score (nSPS) is 16.5. The van der Waals surface area contributed by atoms with Gasteiger partial charge in [-0.05, 0) is 6.92 Å². The third-order valence-electron chi connectivity index (χ3n) is 2.36. The van der Waals surface area contributed by atoms with Crippen LogP contribution in [0.25, 0.3) is 0 Å². The Bertz CT molecular complexity index is 344. The molecular formula is C9H14N4O2. The van der Waals surface area contributed by atoms with Crippen molar-refractivity contribution in [1.29, 1.82) is 0 Å². The highest BCUT2D eigenvalue weighted by Gasteiger charge is 2.17. The molecule has 1 aliphatic heterocycles. The summed E-state index contributed by atoms with van der Waals surface area (Å²) in [6, 6.07) is -0.106.